The molecule has 2 aromatic carbocycles. The first-order valence-corrected chi connectivity index (χ1v) is 9.65. The summed E-state index contributed by atoms with van der Waals surface area (Å²) >= 11 is 1.22. The van der Waals surface area contributed by atoms with Gasteiger partial charge in [0.1, 0.15) is 0 Å². The van der Waals surface area contributed by atoms with E-state index in [0.29, 0.717) is 33.9 Å². The summed E-state index contributed by atoms with van der Waals surface area (Å²) < 4.78 is 1.57. The Bertz CT molecular complexity index is 1090. The fourth-order valence-electron chi connectivity index (χ4n) is 2.69. The Morgan fingerprint density at radius 3 is 2.50 bits per heavy atom. The van der Waals surface area contributed by atoms with Gasteiger partial charge in [-0.3, -0.25) is 19.0 Å². The van der Waals surface area contributed by atoms with Gasteiger partial charge in [-0.05, 0) is 50.2 Å². The second kappa shape index (κ2) is 8.26. The quantitative estimate of drug-likeness (QED) is 0.492. The van der Waals surface area contributed by atoms with Gasteiger partial charge in [0.05, 0.1) is 16.2 Å². The molecule has 0 aliphatic rings. The summed E-state index contributed by atoms with van der Waals surface area (Å²) in [5, 5.41) is 3.36. The summed E-state index contributed by atoms with van der Waals surface area (Å²) in [6.45, 7) is 4.08. The van der Waals surface area contributed by atoms with E-state index in [-0.39, 0.29) is 11.5 Å². The highest BCUT2D eigenvalue weighted by Crippen LogP contribution is 2.23. The molecule has 3 N–H and O–H groups in total. The Labute approximate surface area is 166 Å². The fourth-order valence-corrected chi connectivity index (χ4v) is 3.66. The second-order valence-corrected chi connectivity index (χ2v) is 7.46. The summed E-state index contributed by atoms with van der Waals surface area (Å²) in [6.07, 6.45) is 0. The number of amides is 2. The average Bonchev–Trinajstić information content (AvgIpc) is 2.68. The van der Waals surface area contributed by atoms with Gasteiger partial charge in [-0.25, -0.2) is 4.98 Å². The minimum Gasteiger partial charge on any atom is -0.366 e. The predicted octanol–water partition coefficient (Wildman–Crippen LogP) is 2.63. The molecule has 0 spiro atoms. The largest absolute Gasteiger partial charge is 0.366 e. The molecule has 0 saturated carbocycles. The molecule has 0 saturated heterocycles. The molecule has 0 radical (unpaired) electrons. The fraction of sp³-hybridized carbons (Fsp3) is 0.200. The van der Waals surface area contributed by atoms with Crippen molar-refractivity contribution in [1.29, 1.82) is 0 Å². The third-order valence-corrected chi connectivity index (χ3v) is 5.32. The zero-order valence-electron chi connectivity index (χ0n) is 15.5. The molecule has 1 aromatic heterocycles. The number of fused-ring (bicyclic) bond motifs is 1. The zero-order valence-corrected chi connectivity index (χ0v) is 16.3. The van der Waals surface area contributed by atoms with E-state index in [1.165, 1.54) is 11.8 Å². The summed E-state index contributed by atoms with van der Waals surface area (Å²) in [5.74, 6) is -0.761. The normalized spacial score (nSPS) is 11.9. The van der Waals surface area contributed by atoms with Crippen LogP contribution >= 0.6 is 11.8 Å². The molecule has 0 fully saturated rings. The van der Waals surface area contributed by atoms with Gasteiger partial charge in [-0.15, -0.1) is 0 Å². The predicted molar refractivity (Wildman–Crippen MR) is 111 cm³/mol. The first kappa shape index (κ1) is 19.6. The minimum atomic E-state index is -0.526. The molecule has 0 aliphatic heterocycles. The number of carbonyl (C=O) groups excluding carboxylic acids is 2. The summed E-state index contributed by atoms with van der Waals surface area (Å²) in [7, 11) is 0. The second-order valence-electron chi connectivity index (χ2n) is 6.15. The van der Waals surface area contributed by atoms with E-state index < -0.39 is 11.2 Å². The first-order chi connectivity index (χ1) is 13.4. The number of primary amides is 1. The molecule has 1 heterocycles. The van der Waals surface area contributed by atoms with Gasteiger partial charge in [-0.1, -0.05) is 23.9 Å². The van der Waals surface area contributed by atoms with E-state index in [2.05, 4.69) is 10.3 Å². The van der Waals surface area contributed by atoms with E-state index >= 15 is 0 Å². The summed E-state index contributed by atoms with van der Waals surface area (Å²) in [6, 6.07) is 13.5. The summed E-state index contributed by atoms with van der Waals surface area (Å²) in [5.41, 5.74) is 6.63. The van der Waals surface area contributed by atoms with Crippen molar-refractivity contribution in [2.75, 3.05) is 5.32 Å². The Hall–Kier alpha value is -3.13. The molecule has 3 aromatic rings. The molecule has 1 atom stereocenters. The van der Waals surface area contributed by atoms with E-state index in [1.807, 2.05) is 13.0 Å². The van der Waals surface area contributed by atoms with Crippen LogP contribution in [0.3, 0.4) is 0 Å². The van der Waals surface area contributed by atoms with Crippen molar-refractivity contribution in [3.63, 3.8) is 0 Å². The number of nitrogens with zero attached hydrogens (tertiary/aromatic N) is 2. The molecule has 28 heavy (non-hydrogen) atoms. The molecule has 2 amide bonds. The lowest BCUT2D eigenvalue weighted by Gasteiger charge is -2.15. The molecule has 0 aliphatic carbocycles. The van der Waals surface area contributed by atoms with Crippen LogP contribution in [0.1, 0.15) is 24.2 Å². The number of anilines is 1. The van der Waals surface area contributed by atoms with Crippen LogP contribution in [0.25, 0.3) is 10.9 Å². The molecule has 7 nitrogen and oxygen atoms in total. The standard InChI is InChI=1S/C20H20N4O3S/c1-3-24-19(27)15-6-4-5-7-16(15)23-20(24)28-12(2)18(26)22-14-10-8-13(9-11-14)17(21)25/h4-12H,3H2,1-2H3,(H2,21,25)(H,22,26). The van der Waals surface area contributed by atoms with Crippen LogP contribution in [0.15, 0.2) is 58.5 Å². The molecule has 1 unspecified atom stereocenters. The Morgan fingerprint density at radius 1 is 1.18 bits per heavy atom. The third kappa shape index (κ3) is 4.07. The lowest BCUT2D eigenvalue weighted by atomic mass is 10.2. The monoisotopic (exact) mass is 396 g/mol. The number of thioether (sulfide) groups is 1. The van der Waals surface area contributed by atoms with Crippen molar-refractivity contribution in [1.82, 2.24) is 9.55 Å². The average molecular weight is 396 g/mol. The highest BCUT2D eigenvalue weighted by Gasteiger charge is 2.19. The van der Waals surface area contributed by atoms with Crippen molar-refractivity contribution in [3.8, 4) is 0 Å². The van der Waals surface area contributed by atoms with Gasteiger partial charge in [0.2, 0.25) is 11.8 Å². The number of nitrogens with two attached hydrogens (primary N) is 1. The van der Waals surface area contributed by atoms with Crippen LogP contribution in [0.5, 0.6) is 0 Å². The number of aromatic nitrogens is 2. The van der Waals surface area contributed by atoms with Crippen LogP contribution in [0, 0.1) is 0 Å². The zero-order chi connectivity index (χ0) is 20.3. The number of nitrogens with one attached hydrogen (secondary N) is 1. The highest BCUT2D eigenvalue weighted by atomic mass is 32.2. The van der Waals surface area contributed by atoms with Crippen LogP contribution in [-0.4, -0.2) is 26.6 Å². The van der Waals surface area contributed by atoms with Crippen molar-refractivity contribution < 1.29 is 9.59 Å². The van der Waals surface area contributed by atoms with Crippen LogP contribution in [0.4, 0.5) is 5.69 Å². The van der Waals surface area contributed by atoms with Crippen molar-refractivity contribution in [2.24, 2.45) is 5.73 Å². The molecule has 8 heteroatoms. The SMILES string of the molecule is CCn1c(SC(C)C(=O)Nc2ccc(C(N)=O)cc2)nc2ccccc2c1=O. The molecule has 0 bridgehead atoms. The molecular weight excluding hydrogens is 376 g/mol. The van der Waals surface area contributed by atoms with Crippen molar-refractivity contribution in [3.05, 3.63) is 64.4 Å². The molecule has 144 valence electrons. The maximum atomic E-state index is 12.7. The van der Waals surface area contributed by atoms with E-state index in [0.717, 1.165) is 0 Å². The number of carbonyl (C=O) groups is 2. The molecular formula is C20H20N4O3S. The first-order valence-electron chi connectivity index (χ1n) is 8.77. The van der Waals surface area contributed by atoms with E-state index in [9.17, 15) is 14.4 Å². The molecule has 3 rings (SSSR count). The Morgan fingerprint density at radius 2 is 1.86 bits per heavy atom. The third-order valence-electron chi connectivity index (χ3n) is 4.23. The number of hydrogen-bond donors (Lipinski definition) is 2. The van der Waals surface area contributed by atoms with Gasteiger partial charge < -0.3 is 11.1 Å². The van der Waals surface area contributed by atoms with Gasteiger partial charge >= 0.3 is 0 Å². The number of rotatable bonds is 6. The van der Waals surface area contributed by atoms with Crippen LogP contribution in [-0.2, 0) is 11.3 Å². The lowest BCUT2D eigenvalue weighted by molar-refractivity contribution is -0.115. The number of hydrogen-bond acceptors (Lipinski definition) is 5. The maximum Gasteiger partial charge on any atom is 0.262 e. The van der Waals surface area contributed by atoms with Crippen LogP contribution < -0.4 is 16.6 Å². The van der Waals surface area contributed by atoms with Crippen LogP contribution in [0.2, 0.25) is 0 Å². The smallest absolute Gasteiger partial charge is 0.262 e. The van der Waals surface area contributed by atoms with Crippen molar-refractivity contribution >= 4 is 40.2 Å². The highest BCUT2D eigenvalue weighted by molar-refractivity contribution is 8.00. The van der Waals surface area contributed by atoms with Gasteiger partial charge in [-0.2, -0.15) is 0 Å². The number of benzene rings is 2. The minimum absolute atomic E-state index is 0.120. The van der Waals surface area contributed by atoms with Gasteiger partial charge in [0, 0.05) is 17.8 Å². The maximum absolute atomic E-state index is 12.7. The topological polar surface area (TPSA) is 107 Å². The summed E-state index contributed by atoms with van der Waals surface area (Å²) in [4.78, 5) is 40.9. The van der Waals surface area contributed by atoms with Crippen molar-refractivity contribution in [2.45, 2.75) is 30.8 Å². The number of para-hydroxylation sites is 1. The van der Waals surface area contributed by atoms with E-state index in [1.54, 1.807) is 54.0 Å². The van der Waals surface area contributed by atoms with Gasteiger partial charge in [0.15, 0.2) is 5.16 Å². The Kier molecular flexibility index (Phi) is 5.79. The lowest BCUT2D eigenvalue weighted by Crippen LogP contribution is -2.26. The van der Waals surface area contributed by atoms with E-state index in [4.69, 9.17) is 5.73 Å². The van der Waals surface area contributed by atoms with Gasteiger partial charge in [0.25, 0.3) is 5.56 Å². The Balaban J connectivity index is 1.80.